The van der Waals surface area contributed by atoms with Gasteiger partial charge < -0.3 is 9.80 Å². The largest absolute Gasteiger partial charge is 0.353 e. The monoisotopic (exact) mass is 374 g/mol. The third-order valence-corrected chi connectivity index (χ3v) is 6.58. The molecule has 0 spiro atoms. The van der Waals surface area contributed by atoms with Gasteiger partial charge in [0, 0.05) is 30.9 Å². The van der Waals surface area contributed by atoms with Crippen LogP contribution >= 0.6 is 0 Å². The van der Waals surface area contributed by atoms with Crippen LogP contribution in [-0.2, 0) is 9.84 Å². The van der Waals surface area contributed by atoms with E-state index in [4.69, 9.17) is 0 Å². The number of aryl methyl sites for hydroxylation is 1. The minimum atomic E-state index is -2.93. The zero-order chi connectivity index (χ0) is 18.7. The van der Waals surface area contributed by atoms with Crippen LogP contribution in [0.5, 0.6) is 0 Å². The summed E-state index contributed by atoms with van der Waals surface area (Å²) in [6.07, 6.45) is 2.22. The standard InChI is InChI=1S/C19H26N4O2S/c1-4-22(16-8-6-7-15(3)11-16)18-12-19(21-14-20-18)23(5-2)17-9-10-26(24,25)13-17/h6-8,11-12,14,17H,4-5,9-10,13H2,1-3H3. The lowest BCUT2D eigenvalue weighted by atomic mass is 10.2. The highest BCUT2D eigenvalue weighted by Crippen LogP contribution is 2.28. The maximum Gasteiger partial charge on any atom is 0.152 e. The molecule has 1 aliphatic rings. The molecule has 6 nitrogen and oxygen atoms in total. The smallest absolute Gasteiger partial charge is 0.152 e. The zero-order valence-electron chi connectivity index (χ0n) is 15.6. The van der Waals surface area contributed by atoms with E-state index in [-0.39, 0.29) is 17.5 Å². The SMILES string of the molecule is CCN(c1cccc(C)c1)c1cc(N(CC)C2CCS(=O)(=O)C2)ncn1. The molecule has 0 saturated carbocycles. The van der Waals surface area contributed by atoms with Gasteiger partial charge in [-0.05, 0) is 44.9 Å². The van der Waals surface area contributed by atoms with Crippen molar-refractivity contribution >= 4 is 27.2 Å². The second-order valence-corrected chi connectivity index (χ2v) is 8.89. The van der Waals surface area contributed by atoms with Crippen molar-refractivity contribution in [2.24, 2.45) is 0 Å². The molecule has 0 N–H and O–H groups in total. The van der Waals surface area contributed by atoms with E-state index >= 15 is 0 Å². The highest BCUT2D eigenvalue weighted by Gasteiger charge is 2.32. The fourth-order valence-corrected chi connectivity index (χ4v) is 5.27. The van der Waals surface area contributed by atoms with Gasteiger partial charge in [-0.25, -0.2) is 18.4 Å². The fraction of sp³-hybridized carbons (Fsp3) is 0.474. The molecular weight excluding hydrogens is 348 g/mol. The quantitative estimate of drug-likeness (QED) is 0.774. The third-order valence-electron chi connectivity index (χ3n) is 4.83. The van der Waals surface area contributed by atoms with Crippen LogP contribution in [-0.4, -0.2) is 49.0 Å². The van der Waals surface area contributed by atoms with Gasteiger partial charge in [-0.15, -0.1) is 0 Å². The van der Waals surface area contributed by atoms with Crippen molar-refractivity contribution in [3.63, 3.8) is 0 Å². The Morgan fingerprint density at radius 2 is 1.88 bits per heavy atom. The zero-order valence-corrected chi connectivity index (χ0v) is 16.4. The van der Waals surface area contributed by atoms with Crippen LogP contribution < -0.4 is 9.80 Å². The molecular formula is C19H26N4O2S. The minimum absolute atomic E-state index is 0.0122. The molecule has 2 heterocycles. The van der Waals surface area contributed by atoms with Crippen LogP contribution in [0.2, 0.25) is 0 Å². The van der Waals surface area contributed by atoms with Crippen molar-refractivity contribution in [1.29, 1.82) is 0 Å². The first-order valence-electron chi connectivity index (χ1n) is 9.07. The number of aromatic nitrogens is 2. The van der Waals surface area contributed by atoms with Crippen LogP contribution in [0.1, 0.15) is 25.8 Å². The molecule has 3 rings (SSSR count). The molecule has 0 bridgehead atoms. The van der Waals surface area contributed by atoms with E-state index in [1.54, 1.807) is 6.33 Å². The number of hydrogen-bond acceptors (Lipinski definition) is 6. The van der Waals surface area contributed by atoms with E-state index in [0.717, 1.165) is 23.9 Å². The van der Waals surface area contributed by atoms with Gasteiger partial charge in [-0.1, -0.05) is 12.1 Å². The van der Waals surface area contributed by atoms with Crippen LogP contribution in [0.25, 0.3) is 0 Å². The van der Waals surface area contributed by atoms with Gasteiger partial charge in [0.1, 0.15) is 18.0 Å². The lowest BCUT2D eigenvalue weighted by molar-refractivity contribution is 0.599. The first-order chi connectivity index (χ1) is 12.4. The first-order valence-corrected chi connectivity index (χ1v) is 10.9. The summed E-state index contributed by atoms with van der Waals surface area (Å²) in [5.41, 5.74) is 2.28. The Labute approximate surface area is 155 Å². The van der Waals surface area contributed by atoms with E-state index in [1.807, 2.05) is 19.1 Å². The summed E-state index contributed by atoms with van der Waals surface area (Å²) in [5.74, 6) is 2.07. The van der Waals surface area contributed by atoms with Gasteiger partial charge in [-0.3, -0.25) is 0 Å². The van der Waals surface area contributed by atoms with E-state index in [9.17, 15) is 8.42 Å². The minimum Gasteiger partial charge on any atom is -0.353 e. The van der Waals surface area contributed by atoms with Crippen molar-refractivity contribution in [3.05, 3.63) is 42.2 Å². The summed E-state index contributed by atoms with van der Waals surface area (Å²) in [4.78, 5) is 13.1. The molecule has 7 heteroatoms. The van der Waals surface area contributed by atoms with Gasteiger partial charge in [0.15, 0.2) is 9.84 Å². The summed E-state index contributed by atoms with van der Waals surface area (Å²) >= 11 is 0. The van der Waals surface area contributed by atoms with Gasteiger partial charge in [0.25, 0.3) is 0 Å². The van der Waals surface area contributed by atoms with Crippen molar-refractivity contribution in [2.45, 2.75) is 33.2 Å². The lowest BCUT2D eigenvalue weighted by Gasteiger charge is -2.29. The normalized spacial score (nSPS) is 18.7. The molecule has 1 fully saturated rings. The Bertz CT molecular complexity index is 869. The predicted octanol–water partition coefficient (Wildman–Crippen LogP) is 2.96. The molecule has 1 aliphatic heterocycles. The Morgan fingerprint density at radius 3 is 2.50 bits per heavy atom. The molecule has 1 aromatic carbocycles. The number of hydrogen-bond donors (Lipinski definition) is 0. The number of sulfone groups is 1. The number of rotatable bonds is 6. The molecule has 26 heavy (non-hydrogen) atoms. The molecule has 2 aromatic rings. The third kappa shape index (κ3) is 3.98. The molecule has 1 unspecified atom stereocenters. The van der Waals surface area contributed by atoms with Crippen LogP contribution in [0, 0.1) is 6.92 Å². The fourth-order valence-electron chi connectivity index (χ4n) is 3.54. The van der Waals surface area contributed by atoms with Crippen LogP contribution in [0.15, 0.2) is 36.7 Å². The lowest BCUT2D eigenvalue weighted by Crippen LogP contribution is -2.37. The van der Waals surface area contributed by atoms with Crippen molar-refractivity contribution in [3.8, 4) is 0 Å². The number of anilines is 3. The van der Waals surface area contributed by atoms with Crippen molar-refractivity contribution in [1.82, 2.24) is 9.97 Å². The molecule has 1 atom stereocenters. The topological polar surface area (TPSA) is 66.4 Å². The van der Waals surface area contributed by atoms with E-state index in [2.05, 4.69) is 51.8 Å². The van der Waals surface area contributed by atoms with Crippen molar-refractivity contribution in [2.75, 3.05) is 34.4 Å². The maximum absolute atomic E-state index is 11.9. The van der Waals surface area contributed by atoms with Gasteiger partial charge in [0.05, 0.1) is 11.5 Å². The summed E-state index contributed by atoms with van der Waals surface area (Å²) < 4.78 is 23.7. The Morgan fingerprint density at radius 1 is 1.12 bits per heavy atom. The van der Waals surface area contributed by atoms with E-state index < -0.39 is 9.84 Å². The molecule has 140 valence electrons. The average Bonchev–Trinajstić information content (AvgIpc) is 2.96. The average molecular weight is 375 g/mol. The Hall–Kier alpha value is -2.15. The van der Waals surface area contributed by atoms with Gasteiger partial charge in [-0.2, -0.15) is 0 Å². The first kappa shape index (κ1) is 18.6. The van der Waals surface area contributed by atoms with E-state index in [1.165, 1.54) is 5.56 Å². The van der Waals surface area contributed by atoms with Crippen molar-refractivity contribution < 1.29 is 8.42 Å². The molecule has 0 radical (unpaired) electrons. The Kier molecular flexibility index (Phi) is 5.46. The number of benzene rings is 1. The second kappa shape index (κ2) is 7.61. The predicted molar refractivity (Wildman–Crippen MR) is 106 cm³/mol. The molecule has 1 aromatic heterocycles. The summed E-state index contributed by atoms with van der Waals surface area (Å²) in [7, 11) is -2.93. The second-order valence-electron chi connectivity index (χ2n) is 6.66. The molecule has 1 saturated heterocycles. The van der Waals surface area contributed by atoms with E-state index in [0.29, 0.717) is 13.0 Å². The number of nitrogens with zero attached hydrogens (tertiary/aromatic N) is 4. The summed E-state index contributed by atoms with van der Waals surface area (Å²) in [5, 5.41) is 0. The van der Waals surface area contributed by atoms with Gasteiger partial charge >= 0.3 is 0 Å². The van der Waals surface area contributed by atoms with Crippen LogP contribution in [0.4, 0.5) is 17.3 Å². The highest BCUT2D eigenvalue weighted by atomic mass is 32.2. The summed E-state index contributed by atoms with van der Waals surface area (Å²) in [6.45, 7) is 7.69. The molecule has 0 amide bonds. The Balaban J connectivity index is 1.91. The summed E-state index contributed by atoms with van der Waals surface area (Å²) in [6, 6.07) is 10.3. The molecule has 0 aliphatic carbocycles. The maximum atomic E-state index is 11.9. The highest BCUT2D eigenvalue weighted by molar-refractivity contribution is 7.91. The van der Waals surface area contributed by atoms with Gasteiger partial charge in [0.2, 0.25) is 0 Å². The van der Waals surface area contributed by atoms with Crippen LogP contribution in [0.3, 0.4) is 0 Å².